The average Bonchev–Trinajstić information content (AvgIpc) is 2.64. The molecule has 0 aliphatic carbocycles. The van der Waals surface area contributed by atoms with Crippen LogP contribution in [0.4, 0.5) is 0 Å². The lowest BCUT2D eigenvalue weighted by Gasteiger charge is -2.34. The van der Waals surface area contributed by atoms with E-state index in [1.54, 1.807) is 11.8 Å². The van der Waals surface area contributed by atoms with Gasteiger partial charge in [-0.25, -0.2) is 13.4 Å². The second-order valence-electron chi connectivity index (χ2n) is 5.79. The Labute approximate surface area is 161 Å². The Morgan fingerprint density at radius 1 is 1.08 bits per heavy atom. The van der Waals surface area contributed by atoms with E-state index in [-0.39, 0.29) is 52.7 Å². The van der Waals surface area contributed by atoms with Crippen LogP contribution in [-0.4, -0.2) is 59.7 Å². The first kappa shape index (κ1) is 19.0. The van der Waals surface area contributed by atoms with Gasteiger partial charge in [0.15, 0.2) is 0 Å². The van der Waals surface area contributed by atoms with Crippen LogP contribution in [0.15, 0.2) is 35.5 Å². The Balaban J connectivity index is 1.72. The maximum atomic E-state index is 12.8. The molecule has 7 nitrogen and oxygen atoms in total. The van der Waals surface area contributed by atoms with Crippen molar-refractivity contribution >= 4 is 39.1 Å². The van der Waals surface area contributed by atoms with Gasteiger partial charge in [0.2, 0.25) is 10.0 Å². The number of carbonyl (C=O) groups is 1. The van der Waals surface area contributed by atoms with Gasteiger partial charge in [0.05, 0.1) is 21.9 Å². The van der Waals surface area contributed by atoms with E-state index >= 15 is 0 Å². The molecule has 0 radical (unpaired) electrons. The van der Waals surface area contributed by atoms with E-state index < -0.39 is 10.0 Å². The van der Waals surface area contributed by atoms with Crippen LogP contribution in [0.5, 0.6) is 0 Å². The van der Waals surface area contributed by atoms with Crippen LogP contribution in [0.1, 0.15) is 16.2 Å². The van der Waals surface area contributed by atoms with E-state index in [9.17, 15) is 13.2 Å². The predicted molar refractivity (Wildman–Crippen MR) is 97.9 cm³/mol. The topological polar surface area (TPSA) is 83.5 Å². The van der Waals surface area contributed by atoms with Crippen molar-refractivity contribution in [3.05, 3.63) is 52.0 Å². The fraction of sp³-hybridized carbons (Fsp3) is 0.312. The quantitative estimate of drug-likeness (QED) is 0.768. The summed E-state index contributed by atoms with van der Waals surface area (Å²) in [6.07, 6.45) is 2.95. The minimum absolute atomic E-state index is 0.00241. The SMILES string of the molecule is Cc1cnc(C(=O)N2CCN(S(=O)(=O)c3cccc(Cl)c3Cl)CC2)cn1. The number of amides is 1. The minimum Gasteiger partial charge on any atom is -0.335 e. The van der Waals surface area contributed by atoms with Crippen molar-refractivity contribution in [2.75, 3.05) is 26.2 Å². The van der Waals surface area contributed by atoms with Gasteiger partial charge in [-0.3, -0.25) is 9.78 Å². The molecule has 0 N–H and O–H groups in total. The van der Waals surface area contributed by atoms with Gasteiger partial charge in [-0.2, -0.15) is 4.31 Å². The summed E-state index contributed by atoms with van der Waals surface area (Å²) in [7, 11) is -3.78. The van der Waals surface area contributed by atoms with Gasteiger partial charge < -0.3 is 4.90 Å². The number of carbonyl (C=O) groups excluding carboxylic acids is 1. The van der Waals surface area contributed by atoms with Gasteiger partial charge in [0.25, 0.3) is 5.91 Å². The summed E-state index contributed by atoms with van der Waals surface area (Å²) >= 11 is 12.0. The van der Waals surface area contributed by atoms with Crippen LogP contribution in [0.2, 0.25) is 10.0 Å². The van der Waals surface area contributed by atoms with Gasteiger partial charge in [0.1, 0.15) is 10.6 Å². The number of nitrogens with zero attached hydrogens (tertiary/aromatic N) is 4. The Bertz CT molecular complexity index is 927. The molecular weight excluding hydrogens is 399 g/mol. The largest absolute Gasteiger partial charge is 0.335 e. The Hall–Kier alpha value is -1.74. The van der Waals surface area contributed by atoms with E-state index in [1.807, 2.05) is 0 Å². The van der Waals surface area contributed by atoms with Crippen molar-refractivity contribution in [3.63, 3.8) is 0 Å². The van der Waals surface area contributed by atoms with Crippen LogP contribution in [0.25, 0.3) is 0 Å². The number of aromatic nitrogens is 2. The maximum absolute atomic E-state index is 12.8. The molecule has 3 rings (SSSR count). The first-order chi connectivity index (χ1) is 12.3. The van der Waals surface area contributed by atoms with Gasteiger partial charge in [-0.05, 0) is 19.1 Å². The van der Waals surface area contributed by atoms with Crippen LogP contribution in [0, 0.1) is 6.92 Å². The lowest BCUT2D eigenvalue weighted by atomic mass is 10.3. The molecule has 1 saturated heterocycles. The highest BCUT2D eigenvalue weighted by atomic mass is 35.5. The second kappa shape index (κ2) is 7.48. The van der Waals surface area contributed by atoms with Gasteiger partial charge in [-0.15, -0.1) is 0 Å². The third-order valence-corrected chi connectivity index (χ3v) is 6.93. The van der Waals surface area contributed by atoms with Crippen molar-refractivity contribution in [1.29, 1.82) is 0 Å². The highest BCUT2D eigenvalue weighted by molar-refractivity contribution is 7.89. The maximum Gasteiger partial charge on any atom is 0.274 e. The molecule has 2 heterocycles. The molecule has 26 heavy (non-hydrogen) atoms. The molecule has 1 aromatic heterocycles. The highest BCUT2D eigenvalue weighted by Crippen LogP contribution is 2.31. The number of hydrogen-bond donors (Lipinski definition) is 0. The van der Waals surface area contributed by atoms with E-state index in [4.69, 9.17) is 23.2 Å². The standard InChI is InChI=1S/C16H16Cl2N4O3S/c1-11-9-20-13(10-19-11)16(23)21-5-7-22(8-6-21)26(24,25)14-4-2-3-12(17)15(14)18/h2-4,9-10H,5-8H2,1H3. The zero-order valence-corrected chi connectivity index (χ0v) is 16.2. The molecule has 1 amide bonds. The number of halogens is 2. The van der Waals surface area contributed by atoms with Gasteiger partial charge in [0, 0.05) is 32.4 Å². The smallest absolute Gasteiger partial charge is 0.274 e. The Morgan fingerprint density at radius 3 is 2.38 bits per heavy atom. The third-order valence-electron chi connectivity index (χ3n) is 4.06. The van der Waals surface area contributed by atoms with E-state index in [0.29, 0.717) is 0 Å². The first-order valence-corrected chi connectivity index (χ1v) is 10.0. The molecule has 1 aliphatic rings. The number of aryl methyl sites for hydroxylation is 1. The van der Waals surface area contributed by atoms with E-state index in [1.165, 1.54) is 34.9 Å². The third kappa shape index (κ3) is 3.68. The monoisotopic (exact) mass is 414 g/mol. The van der Waals surface area contributed by atoms with Crippen molar-refractivity contribution in [2.45, 2.75) is 11.8 Å². The average molecular weight is 415 g/mol. The summed E-state index contributed by atoms with van der Waals surface area (Å²) in [6.45, 7) is 2.62. The molecule has 2 aromatic rings. The molecule has 1 aliphatic heterocycles. The molecular formula is C16H16Cl2N4O3S. The molecule has 138 valence electrons. The summed E-state index contributed by atoms with van der Waals surface area (Å²) in [5, 5.41) is 0.183. The molecule has 0 unspecified atom stereocenters. The van der Waals surface area contributed by atoms with E-state index in [2.05, 4.69) is 9.97 Å². The Morgan fingerprint density at radius 2 is 1.77 bits per heavy atom. The normalized spacial score (nSPS) is 15.9. The zero-order chi connectivity index (χ0) is 18.9. The Kier molecular flexibility index (Phi) is 5.47. The van der Waals surface area contributed by atoms with Crippen molar-refractivity contribution in [2.24, 2.45) is 0 Å². The molecule has 0 atom stereocenters. The summed E-state index contributed by atoms with van der Waals surface area (Å²) < 4.78 is 26.9. The highest BCUT2D eigenvalue weighted by Gasteiger charge is 2.32. The van der Waals surface area contributed by atoms with Gasteiger partial charge >= 0.3 is 0 Å². The number of hydrogen-bond acceptors (Lipinski definition) is 5. The summed E-state index contributed by atoms with van der Waals surface area (Å²) in [6, 6.07) is 4.49. The lowest BCUT2D eigenvalue weighted by Crippen LogP contribution is -2.50. The summed E-state index contributed by atoms with van der Waals surface area (Å²) in [5.74, 6) is -0.268. The number of benzene rings is 1. The molecule has 0 bridgehead atoms. The van der Waals surface area contributed by atoms with Crippen molar-refractivity contribution in [1.82, 2.24) is 19.2 Å². The first-order valence-electron chi connectivity index (χ1n) is 7.83. The zero-order valence-electron chi connectivity index (χ0n) is 13.9. The molecule has 10 heteroatoms. The fourth-order valence-corrected chi connectivity index (χ4v) is 4.78. The van der Waals surface area contributed by atoms with Crippen molar-refractivity contribution < 1.29 is 13.2 Å². The lowest BCUT2D eigenvalue weighted by molar-refractivity contribution is 0.0691. The van der Waals surface area contributed by atoms with Crippen LogP contribution in [0.3, 0.4) is 0 Å². The van der Waals surface area contributed by atoms with Crippen molar-refractivity contribution in [3.8, 4) is 0 Å². The molecule has 1 aromatic carbocycles. The fourth-order valence-electron chi connectivity index (χ4n) is 2.62. The molecule has 0 spiro atoms. The van der Waals surface area contributed by atoms with Crippen LogP contribution in [-0.2, 0) is 10.0 Å². The van der Waals surface area contributed by atoms with Crippen LogP contribution < -0.4 is 0 Å². The minimum atomic E-state index is -3.78. The molecule has 1 fully saturated rings. The van der Waals surface area contributed by atoms with Gasteiger partial charge in [-0.1, -0.05) is 29.3 Å². The summed E-state index contributed by atoms with van der Waals surface area (Å²) in [4.78, 5) is 22.1. The second-order valence-corrected chi connectivity index (χ2v) is 8.48. The van der Waals surface area contributed by atoms with E-state index in [0.717, 1.165) is 5.69 Å². The molecule has 0 saturated carbocycles. The number of piperazine rings is 1. The predicted octanol–water partition coefficient (Wildman–Crippen LogP) is 2.24. The summed E-state index contributed by atoms with van der Waals surface area (Å²) in [5.41, 5.74) is 0.959. The number of sulfonamides is 1. The van der Waals surface area contributed by atoms with Crippen LogP contribution >= 0.6 is 23.2 Å². The number of rotatable bonds is 3.